The summed E-state index contributed by atoms with van der Waals surface area (Å²) in [7, 11) is 0. The van der Waals surface area contributed by atoms with Crippen LogP contribution in [0.2, 0.25) is 0 Å². The number of hydrogen-bond donors (Lipinski definition) is 0. The molecule has 1 aromatic carbocycles. The van der Waals surface area contributed by atoms with Gasteiger partial charge in [0, 0.05) is 15.5 Å². The molecule has 1 heterocycles. The van der Waals surface area contributed by atoms with Crippen molar-refractivity contribution in [1.29, 1.82) is 0 Å². The fraction of sp³-hybridized carbons (Fsp3) is 0.375. The highest BCUT2D eigenvalue weighted by Gasteiger charge is 2.28. The Morgan fingerprint density at radius 1 is 0.947 bits per heavy atom. The average Bonchev–Trinajstić information content (AvgIpc) is 2.98. The maximum absolute atomic E-state index is 3.73. The van der Waals surface area contributed by atoms with Gasteiger partial charge >= 0.3 is 0 Å². The van der Waals surface area contributed by atoms with Crippen molar-refractivity contribution in [2.45, 2.75) is 19.3 Å². The Hall–Kier alpha value is -0.120. The summed E-state index contributed by atoms with van der Waals surface area (Å²) in [6.45, 7) is 0. The molecule has 0 aliphatic rings. The Labute approximate surface area is 136 Å². The van der Waals surface area contributed by atoms with Gasteiger partial charge < -0.3 is 0 Å². The molecule has 0 nitrogen and oxygen atoms in total. The predicted molar refractivity (Wildman–Crippen MR) is 92.8 cm³/mol. The quantitative estimate of drug-likeness (QED) is 0.522. The van der Waals surface area contributed by atoms with Crippen molar-refractivity contribution in [3.05, 3.63) is 58.3 Å². The maximum Gasteiger partial charge on any atom is 0.00992 e. The molecule has 0 radical (unpaired) electrons. The third-order valence-electron chi connectivity index (χ3n) is 3.47. The van der Waals surface area contributed by atoms with Crippen LogP contribution in [0, 0.1) is 5.41 Å². The van der Waals surface area contributed by atoms with Crippen LogP contribution < -0.4 is 0 Å². The fourth-order valence-electron chi connectivity index (χ4n) is 2.22. The number of alkyl halides is 2. The van der Waals surface area contributed by atoms with Gasteiger partial charge in [-0.1, -0.05) is 68.3 Å². The SMILES string of the molecule is BrCC(CBr)(CCc1cccs1)Cc1ccccc1. The monoisotopic (exact) mass is 400 g/mol. The van der Waals surface area contributed by atoms with Gasteiger partial charge in [-0.3, -0.25) is 0 Å². The third kappa shape index (κ3) is 4.44. The van der Waals surface area contributed by atoms with Crippen LogP contribution in [0.25, 0.3) is 0 Å². The first-order valence-corrected chi connectivity index (χ1v) is 9.58. The highest BCUT2D eigenvalue weighted by Crippen LogP contribution is 2.33. The van der Waals surface area contributed by atoms with E-state index < -0.39 is 0 Å². The van der Waals surface area contributed by atoms with Gasteiger partial charge in [0.25, 0.3) is 0 Å². The van der Waals surface area contributed by atoms with E-state index >= 15 is 0 Å². The molecule has 0 fully saturated rings. The molecular weight excluding hydrogens is 384 g/mol. The van der Waals surface area contributed by atoms with Gasteiger partial charge in [-0.05, 0) is 41.7 Å². The Balaban J connectivity index is 2.04. The zero-order valence-corrected chi connectivity index (χ0v) is 14.8. The second-order valence-corrected chi connectivity index (χ2v) is 7.16. The van der Waals surface area contributed by atoms with E-state index in [0.29, 0.717) is 5.41 Å². The lowest BCUT2D eigenvalue weighted by Crippen LogP contribution is -2.28. The van der Waals surface area contributed by atoms with E-state index in [-0.39, 0.29) is 0 Å². The van der Waals surface area contributed by atoms with Crippen LogP contribution in [0.4, 0.5) is 0 Å². The molecule has 0 aliphatic heterocycles. The van der Waals surface area contributed by atoms with Crippen LogP contribution in [-0.4, -0.2) is 10.7 Å². The largest absolute Gasteiger partial charge is 0.149 e. The van der Waals surface area contributed by atoms with E-state index in [9.17, 15) is 0 Å². The minimum absolute atomic E-state index is 0.297. The number of halogens is 2. The van der Waals surface area contributed by atoms with E-state index in [1.807, 2.05) is 11.3 Å². The van der Waals surface area contributed by atoms with Crippen LogP contribution in [0.1, 0.15) is 16.9 Å². The normalized spacial score (nSPS) is 11.7. The first-order valence-electron chi connectivity index (χ1n) is 6.46. The summed E-state index contributed by atoms with van der Waals surface area (Å²) in [6, 6.07) is 15.2. The molecule has 0 amide bonds. The summed E-state index contributed by atoms with van der Waals surface area (Å²) >= 11 is 9.32. The molecule has 0 N–H and O–H groups in total. The molecule has 0 atom stereocenters. The number of rotatable bonds is 7. The van der Waals surface area contributed by atoms with Crippen molar-refractivity contribution < 1.29 is 0 Å². The lowest BCUT2D eigenvalue weighted by Gasteiger charge is -2.30. The van der Waals surface area contributed by atoms with Crippen molar-refractivity contribution in [1.82, 2.24) is 0 Å². The van der Waals surface area contributed by atoms with Crippen molar-refractivity contribution in [3.63, 3.8) is 0 Å². The maximum atomic E-state index is 3.73. The van der Waals surface area contributed by atoms with Crippen molar-refractivity contribution in [2.75, 3.05) is 10.7 Å². The molecule has 1 aromatic heterocycles. The van der Waals surface area contributed by atoms with Gasteiger partial charge in [0.15, 0.2) is 0 Å². The van der Waals surface area contributed by atoms with Crippen molar-refractivity contribution >= 4 is 43.2 Å². The summed E-state index contributed by atoms with van der Waals surface area (Å²) in [5.41, 5.74) is 1.72. The number of hydrogen-bond acceptors (Lipinski definition) is 1. The lowest BCUT2D eigenvalue weighted by atomic mass is 9.81. The molecule has 19 heavy (non-hydrogen) atoms. The van der Waals surface area contributed by atoms with Crippen LogP contribution in [0.15, 0.2) is 47.8 Å². The summed E-state index contributed by atoms with van der Waals surface area (Å²) < 4.78 is 0. The number of aryl methyl sites for hydroxylation is 1. The minimum atomic E-state index is 0.297. The molecular formula is C16H18Br2S. The van der Waals surface area contributed by atoms with Crippen LogP contribution in [0.3, 0.4) is 0 Å². The highest BCUT2D eigenvalue weighted by atomic mass is 79.9. The van der Waals surface area contributed by atoms with E-state index in [1.165, 1.54) is 23.3 Å². The summed E-state index contributed by atoms with van der Waals surface area (Å²) in [4.78, 5) is 1.49. The molecule has 0 saturated heterocycles. The molecule has 0 unspecified atom stereocenters. The van der Waals surface area contributed by atoms with Crippen molar-refractivity contribution in [2.24, 2.45) is 5.41 Å². The Bertz CT molecular complexity index is 461. The Morgan fingerprint density at radius 2 is 1.68 bits per heavy atom. The molecule has 0 saturated carbocycles. The Morgan fingerprint density at radius 3 is 2.26 bits per heavy atom. The minimum Gasteiger partial charge on any atom is -0.149 e. The standard InChI is InChI=1S/C16H18Br2S/c17-12-16(13-18,9-8-15-7-4-10-19-15)11-14-5-2-1-3-6-14/h1-7,10H,8-9,11-13H2. The lowest BCUT2D eigenvalue weighted by molar-refractivity contribution is 0.357. The molecule has 3 heteroatoms. The van der Waals surface area contributed by atoms with Gasteiger partial charge in [-0.2, -0.15) is 0 Å². The Kier molecular flexibility index (Phi) is 6.11. The van der Waals surface area contributed by atoms with Gasteiger partial charge in [0.05, 0.1) is 0 Å². The molecule has 0 bridgehead atoms. The van der Waals surface area contributed by atoms with Crippen LogP contribution >= 0.6 is 43.2 Å². The number of thiophene rings is 1. The highest BCUT2D eigenvalue weighted by molar-refractivity contribution is 9.09. The van der Waals surface area contributed by atoms with Gasteiger partial charge in [0.1, 0.15) is 0 Å². The summed E-state index contributed by atoms with van der Waals surface area (Å²) in [5.74, 6) is 0. The summed E-state index contributed by atoms with van der Waals surface area (Å²) in [6.07, 6.45) is 3.50. The topological polar surface area (TPSA) is 0 Å². The zero-order chi connectivity index (χ0) is 13.6. The van der Waals surface area contributed by atoms with Crippen LogP contribution in [-0.2, 0) is 12.8 Å². The second-order valence-electron chi connectivity index (χ2n) is 5.01. The fourth-order valence-corrected chi connectivity index (χ4v) is 4.82. The van der Waals surface area contributed by atoms with Gasteiger partial charge in [0.2, 0.25) is 0 Å². The van der Waals surface area contributed by atoms with Crippen LogP contribution in [0.5, 0.6) is 0 Å². The second kappa shape index (κ2) is 7.61. The molecule has 2 rings (SSSR count). The third-order valence-corrected chi connectivity index (χ3v) is 6.79. The molecule has 102 valence electrons. The van der Waals surface area contributed by atoms with Crippen molar-refractivity contribution in [3.8, 4) is 0 Å². The van der Waals surface area contributed by atoms with E-state index in [0.717, 1.165) is 17.1 Å². The van der Waals surface area contributed by atoms with E-state index in [1.54, 1.807) is 0 Å². The zero-order valence-electron chi connectivity index (χ0n) is 10.8. The smallest absolute Gasteiger partial charge is 0.00992 e. The molecule has 2 aromatic rings. The van der Waals surface area contributed by atoms with E-state index in [2.05, 4.69) is 79.7 Å². The molecule has 0 aliphatic carbocycles. The van der Waals surface area contributed by atoms with Gasteiger partial charge in [-0.25, -0.2) is 0 Å². The predicted octanol–water partition coefficient (Wildman–Crippen LogP) is 5.70. The number of benzene rings is 1. The van der Waals surface area contributed by atoms with Gasteiger partial charge in [-0.15, -0.1) is 11.3 Å². The molecule has 0 spiro atoms. The summed E-state index contributed by atoms with van der Waals surface area (Å²) in [5, 5.41) is 4.23. The van der Waals surface area contributed by atoms with E-state index in [4.69, 9.17) is 0 Å². The first-order chi connectivity index (χ1) is 9.28. The average molecular weight is 402 g/mol. The first kappa shape index (κ1) is 15.3.